The molecule has 6 nitrogen and oxygen atoms in total. The van der Waals surface area contributed by atoms with Crippen LogP contribution in [0.2, 0.25) is 0 Å². The summed E-state index contributed by atoms with van der Waals surface area (Å²) in [5.41, 5.74) is 0.675. The molecule has 0 saturated carbocycles. The van der Waals surface area contributed by atoms with Gasteiger partial charge in [0.1, 0.15) is 0 Å². The molecule has 0 N–H and O–H groups in total. The molecule has 3 heterocycles. The number of rotatable bonds is 2. The van der Waals surface area contributed by atoms with E-state index in [-0.39, 0.29) is 17.4 Å². The summed E-state index contributed by atoms with van der Waals surface area (Å²) in [6.07, 6.45) is 0.599. The third kappa shape index (κ3) is 1.84. The van der Waals surface area contributed by atoms with E-state index in [0.717, 1.165) is 0 Å². The summed E-state index contributed by atoms with van der Waals surface area (Å²) in [6.45, 7) is 0. The molecule has 1 unspecified atom stereocenters. The minimum Gasteiger partial charge on any atom is -0.481 e. The molecule has 0 bridgehead atoms. The van der Waals surface area contributed by atoms with Crippen LogP contribution in [0.3, 0.4) is 0 Å². The van der Waals surface area contributed by atoms with Crippen molar-refractivity contribution in [2.45, 2.75) is 12.3 Å². The summed E-state index contributed by atoms with van der Waals surface area (Å²) in [6, 6.07) is 5.44. The molecule has 1 aliphatic rings. The summed E-state index contributed by atoms with van der Waals surface area (Å²) in [4.78, 5) is 4.38. The van der Waals surface area contributed by atoms with Gasteiger partial charge in [-0.3, -0.25) is 0 Å². The lowest BCUT2D eigenvalue weighted by molar-refractivity contribution is 0.385. The van der Waals surface area contributed by atoms with Crippen LogP contribution in [0.25, 0.3) is 5.65 Å². The Balaban J connectivity index is 2.04. The topological polar surface area (TPSA) is 73.6 Å². The van der Waals surface area contributed by atoms with Gasteiger partial charge in [0, 0.05) is 12.0 Å². The van der Waals surface area contributed by atoms with Crippen molar-refractivity contribution in [1.29, 1.82) is 0 Å². The molecular weight excluding hydrogens is 254 g/mol. The maximum atomic E-state index is 11.5. The van der Waals surface area contributed by atoms with Crippen molar-refractivity contribution < 1.29 is 13.2 Å². The second-order valence-corrected chi connectivity index (χ2v) is 6.64. The highest BCUT2D eigenvalue weighted by molar-refractivity contribution is 7.91. The molecule has 0 amide bonds. The molecule has 18 heavy (non-hydrogen) atoms. The fourth-order valence-corrected chi connectivity index (χ4v) is 3.96. The smallest absolute Gasteiger partial charge is 0.216 e. The second-order valence-electron chi connectivity index (χ2n) is 4.41. The van der Waals surface area contributed by atoms with Crippen molar-refractivity contribution in [2.75, 3.05) is 18.6 Å². The zero-order valence-electron chi connectivity index (χ0n) is 9.91. The second kappa shape index (κ2) is 3.94. The maximum absolute atomic E-state index is 11.5. The first-order valence-corrected chi connectivity index (χ1v) is 7.51. The molecule has 2 aromatic rings. The number of hydrogen-bond donors (Lipinski definition) is 0. The van der Waals surface area contributed by atoms with Crippen LogP contribution < -0.4 is 4.74 Å². The number of methoxy groups -OCH3 is 1. The van der Waals surface area contributed by atoms with Gasteiger partial charge in [-0.25, -0.2) is 13.4 Å². The molecule has 7 heteroatoms. The van der Waals surface area contributed by atoms with E-state index in [4.69, 9.17) is 4.74 Å². The Morgan fingerprint density at radius 3 is 2.94 bits per heavy atom. The molecular formula is C11H13N3O3S. The van der Waals surface area contributed by atoms with Crippen molar-refractivity contribution in [3.8, 4) is 5.88 Å². The summed E-state index contributed by atoms with van der Waals surface area (Å²) < 4.78 is 29.7. The molecule has 1 saturated heterocycles. The van der Waals surface area contributed by atoms with E-state index in [1.54, 1.807) is 17.7 Å². The first-order chi connectivity index (χ1) is 8.59. The van der Waals surface area contributed by atoms with Crippen LogP contribution in [0.15, 0.2) is 18.2 Å². The summed E-state index contributed by atoms with van der Waals surface area (Å²) in [5.74, 6) is 1.45. The minimum atomic E-state index is -2.92. The lowest BCUT2D eigenvalue weighted by Gasteiger charge is -2.01. The van der Waals surface area contributed by atoms with Gasteiger partial charge in [0.15, 0.2) is 21.3 Å². The fourth-order valence-electron chi connectivity index (χ4n) is 2.22. The molecule has 0 aromatic carbocycles. The molecule has 0 aliphatic carbocycles. The molecule has 96 valence electrons. The molecule has 1 fully saturated rings. The van der Waals surface area contributed by atoms with Crippen molar-refractivity contribution in [1.82, 2.24) is 14.6 Å². The Hall–Kier alpha value is -1.63. The summed E-state index contributed by atoms with van der Waals surface area (Å²) >= 11 is 0. The first kappa shape index (κ1) is 11.5. The average Bonchev–Trinajstić information content (AvgIpc) is 2.91. The molecule has 0 spiro atoms. The third-order valence-electron chi connectivity index (χ3n) is 3.15. The predicted octanol–water partition coefficient (Wildman–Crippen LogP) is 0.640. The average molecular weight is 267 g/mol. The monoisotopic (exact) mass is 267 g/mol. The van der Waals surface area contributed by atoms with Gasteiger partial charge in [-0.1, -0.05) is 6.07 Å². The van der Waals surface area contributed by atoms with E-state index in [1.807, 2.05) is 12.1 Å². The number of ether oxygens (including phenoxy) is 1. The molecule has 1 aliphatic heterocycles. The predicted molar refractivity (Wildman–Crippen MR) is 65.6 cm³/mol. The zero-order valence-corrected chi connectivity index (χ0v) is 10.7. The van der Waals surface area contributed by atoms with E-state index >= 15 is 0 Å². The minimum absolute atomic E-state index is 0.0976. The van der Waals surface area contributed by atoms with Gasteiger partial charge >= 0.3 is 0 Å². The van der Waals surface area contributed by atoms with Crippen molar-refractivity contribution in [2.24, 2.45) is 0 Å². The van der Waals surface area contributed by atoms with Gasteiger partial charge < -0.3 is 4.74 Å². The highest BCUT2D eigenvalue weighted by Gasteiger charge is 2.31. The molecule has 0 radical (unpaired) electrons. The Kier molecular flexibility index (Phi) is 2.51. The van der Waals surface area contributed by atoms with Crippen molar-refractivity contribution >= 4 is 15.5 Å². The number of fused-ring (bicyclic) bond motifs is 1. The number of pyridine rings is 1. The lowest BCUT2D eigenvalue weighted by atomic mass is 10.1. The Labute approximate surface area is 105 Å². The Morgan fingerprint density at radius 2 is 2.28 bits per heavy atom. The van der Waals surface area contributed by atoms with Crippen molar-refractivity contribution in [3.63, 3.8) is 0 Å². The number of nitrogens with zero attached hydrogens (tertiary/aromatic N) is 3. The lowest BCUT2D eigenvalue weighted by Crippen LogP contribution is -2.05. The molecule has 2 aromatic heterocycles. The first-order valence-electron chi connectivity index (χ1n) is 5.69. The zero-order chi connectivity index (χ0) is 12.8. The van der Waals surface area contributed by atoms with Crippen LogP contribution in [0.1, 0.15) is 18.2 Å². The van der Waals surface area contributed by atoms with Gasteiger partial charge in [0.2, 0.25) is 5.88 Å². The van der Waals surface area contributed by atoms with Crippen LogP contribution in [0, 0.1) is 0 Å². The van der Waals surface area contributed by atoms with E-state index in [9.17, 15) is 8.42 Å². The van der Waals surface area contributed by atoms with Gasteiger partial charge in [-0.05, 0) is 12.5 Å². The number of sulfone groups is 1. The summed E-state index contributed by atoms with van der Waals surface area (Å²) in [5, 5.41) is 4.35. The normalized spacial score (nSPS) is 22.4. The highest BCUT2D eigenvalue weighted by atomic mass is 32.2. The maximum Gasteiger partial charge on any atom is 0.216 e. The van der Waals surface area contributed by atoms with Gasteiger partial charge in [0.25, 0.3) is 0 Å². The van der Waals surface area contributed by atoms with Crippen LogP contribution in [0.4, 0.5) is 0 Å². The van der Waals surface area contributed by atoms with Crippen LogP contribution >= 0.6 is 0 Å². The van der Waals surface area contributed by atoms with Crippen molar-refractivity contribution in [3.05, 3.63) is 24.0 Å². The fraction of sp³-hybridized carbons (Fsp3) is 0.455. The SMILES string of the molecule is COc1cccc2nc(C3CCS(=O)(=O)C3)nn12. The van der Waals surface area contributed by atoms with E-state index in [2.05, 4.69) is 10.1 Å². The number of hydrogen-bond acceptors (Lipinski definition) is 5. The Bertz CT molecular complexity index is 693. The van der Waals surface area contributed by atoms with Gasteiger partial charge in [-0.2, -0.15) is 4.52 Å². The third-order valence-corrected chi connectivity index (χ3v) is 4.92. The van der Waals surface area contributed by atoms with Crippen LogP contribution in [-0.2, 0) is 9.84 Å². The van der Waals surface area contributed by atoms with Crippen LogP contribution in [-0.4, -0.2) is 41.6 Å². The quantitative estimate of drug-likeness (QED) is 0.798. The molecule has 3 rings (SSSR count). The van der Waals surface area contributed by atoms with Gasteiger partial charge in [-0.15, -0.1) is 5.10 Å². The summed E-state index contributed by atoms with van der Waals surface area (Å²) in [7, 11) is -1.35. The number of aromatic nitrogens is 3. The van der Waals surface area contributed by atoms with E-state index in [0.29, 0.717) is 23.8 Å². The van der Waals surface area contributed by atoms with E-state index in [1.165, 1.54) is 0 Å². The van der Waals surface area contributed by atoms with E-state index < -0.39 is 9.84 Å². The van der Waals surface area contributed by atoms with Gasteiger partial charge in [0.05, 0.1) is 18.6 Å². The van der Waals surface area contributed by atoms with Crippen LogP contribution in [0.5, 0.6) is 5.88 Å². The standard InChI is InChI=1S/C11H13N3O3S/c1-17-10-4-2-3-9-12-11(13-14(9)10)8-5-6-18(15,16)7-8/h2-4,8H,5-7H2,1H3. The highest BCUT2D eigenvalue weighted by Crippen LogP contribution is 2.27. The largest absolute Gasteiger partial charge is 0.481 e. The Morgan fingerprint density at radius 1 is 1.44 bits per heavy atom. The molecule has 1 atom stereocenters.